The number of nitrogens with one attached hydrogen (secondary N) is 1. The molecule has 0 bridgehead atoms. The van der Waals surface area contributed by atoms with Crippen molar-refractivity contribution in [3.8, 4) is 5.75 Å². The topological polar surface area (TPSA) is 55.4 Å². The fourth-order valence-corrected chi connectivity index (χ4v) is 2.18. The molecule has 1 N–H and O–H groups in total. The Morgan fingerprint density at radius 2 is 2.00 bits per heavy atom. The highest BCUT2D eigenvalue weighted by atomic mass is 32.2. The first-order valence-electron chi connectivity index (χ1n) is 6.68. The summed E-state index contributed by atoms with van der Waals surface area (Å²) in [6, 6.07) is 4.72. The summed E-state index contributed by atoms with van der Waals surface area (Å²) in [6.07, 6.45) is 0. The predicted octanol–water partition coefficient (Wildman–Crippen LogP) is 2.14. The lowest BCUT2D eigenvalue weighted by molar-refractivity contribution is 0.338. The van der Waals surface area contributed by atoms with Crippen molar-refractivity contribution in [3.63, 3.8) is 0 Å². The zero-order valence-corrected chi connectivity index (χ0v) is 13.0. The molecule has 20 heavy (non-hydrogen) atoms. The first-order chi connectivity index (χ1) is 9.32. The van der Waals surface area contributed by atoms with Gasteiger partial charge < -0.3 is 10.1 Å². The number of hydrogen-bond donors (Lipinski definition) is 1. The van der Waals surface area contributed by atoms with E-state index in [0.29, 0.717) is 18.3 Å². The van der Waals surface area contributed by atoms with Crippen LogP contribution in [0.25, 0.3) is 0 Å². The van der Waals surface area contributed by atoms with Crippen LogP contribution in [0.3, 0.4) is 0 Å². The second-order valence-electron chi connectivity index (χ2n) is 4.92. The Bertz CT molecular complexity index is 529. The van der Waals surface area contributed by atoms with Crippen LogP contribution in [0.5, 0.6) is 5.75 Å². The van der Waals surface area contributed by atoms with Gasteiger partial charge in [-0.15, -0.1) is 0 Å². The zero-order chi connectivity index (χ0) is 15.2. The molecule has 0 atom stereocenters. The van der Waals surface area contributed by atoms with Crippen molar-refractivity contribution >= 4 is 9.84 Å². The van der Waals surface area contributed by atoms with E-state index in [-0.39, 0.29) is 23.9 Å². The standard InChI is InChI=1S/C14H22FNO3S/c1-4-20(17,18)6-5-19-14-8-12(7-13(15)9-14)10-16-11(2)3/h7-9,11,16H,4-6,10H2,1-3H3. The van der Waals surface area contributed by atoms with Gasteiger partial charge in [0.2, 0.25) is 0 Å². The Morgan fingerprint density at radius 3 is 2.60 bits per heavy atom. The molecule has 1 rings (SSSR count). The SMILES string of the molecule is CCS(=O)(=O)CCOc1cc(F)cc(CNC(C)C)c1. The van der Waals surface area contributed by atoms with E-state index in [4.69, 9.17) is 4.74 Å². The van der Waals surface area contributed by atoms with E-state index in [1.54, 1.807) is 13.0 Å². The second-order valence-corrected chi connectivity index (χ2v) is 7.39. The lowest BCUT2D eigenvalue weighted by Gasteiger charge is -2.11. The molecule has 1 aromatic carbocycles. The van der Waals surface area contributed by atoms with Crippen LogP contribution < -0.4 is 10.1 Å². The Morgan fingerprint density at radius 1 is 1.30 bits per heavy atom. The molecule has 1 aromatic rings. The van der Waals surface area contributed by atoms with Crippen molar-refractivity contribution in [1.82, 2.24) is 5.32 Å². The monoisotopic (exact) mass is 303 g/mol. The third kappa shape index (κ3) is 6.34. The Hall–Kier alpha value is -1.14. The van der Waals surface area contributed by atoms with E-state index in [9.17, 15) is 12.8 Å². The molecule has 0 saturated carbocycles. The van der Waals surface area contributed by atoms with E-state index in [1.165, 1.54) is 12.1 Å². The molecule has 0 heterocycles. The van der Waals surface area contributed by atoms with Gasteiger partial charge in [0.15, 0.2) is 9.84 Å². The summed E-state index contributed by atoms with van der Waals surface area (Å²) < 4.78 is 41.5. The number of benzene rings is 1. The summed E-state index contributed by atoms with van der Waals surface area (Å²) in [5.74, 6) is 0.00103. The number of halogens is 1. The average Bonchev–Trinajstić information content (AvgIpc) is 2.35. The molecule has 0 unspecified atom stereocenters. The maximum Gasteiger partial charge on any atom is 0.153 e. The van der Waals surface area contributed by atoms with Gasteiger partial charge in [-0.1, -0.05) is 20.8 Å². The average molecular weight is 303 g/mol. The highest BCUT2D eigenvalue weighted by molar-refractivity contribution is 7.91. The normalized spacial score (nSPS) is 11.8. The van der Waals surface area contributed by atoms with Crippen molar-refractivity contribution in [2.75, 3.05) is 18.1 Å². The number of sulfone groups is 1. The maximum atomic E-state index is 13.5. The summed E-state index contributed by atoms with van der Waals surface area (Å²) in [5.41, 5.74) is 0.770. The molecule has 0 aliphatic heterocycles. The van der Waals surface area contributed by atoms with Gasteiger partial charge in [-0.05, 0) is 17.7 Å². The lowest BCUT2D eigenvalue weighted by Crippen LogP contribution is -2.22. The molecule has 114 valence electrons. The van der Waals surface area contributed by atoms with Crippen LogP contribution >= 0.6 is 0 Å². The summed E-state index contributed by atoms with van der Waals surface area (Å²) in [7, 11) is -3.06. The largest absolute Gasteiger partial charge is 0.492 e. The minimum Gasteiger partial charge on any atom is -0.492 e. The third-order valence-corrected chi connectivity index (χ3v) is 4.42. The predicted molar refractivity (Wildman–Crippen MR) is 78.2 cm³/mol. The molecule has 0 spiro atoms. The van der Waals surface area contributed by atoms with Gasteiger partial charge in [0, 0.05) is 24.4 Å². The minimum absolute atomic E-state index is 0.0384. The first-order valence-corrected chi connectivity index (χ1v) is 8.50. The summed E-state index contributed by atoms with van der Waals surface area (Å²) in [5, 5.41) is 3.19. The van der Waals surface area contributed by atoms with Crippen molar-refractivity contribution in [3.05, 3.63) is 29.6 Å². The van der Waals surface area contributed by atoms with Crippen LogP contribution in [0.2, 0.25) is 0 Å². The molecule has 0 aliphatic rings. The van der Waals surface area contributed by atoms with Crippen molar-refractivity contribution in [1.29, 1.82) is 0 Å². The lowest BCUT2D eigenvalue weighted by atomic mass is 10.2. The van der Waals surface area contributed by atoms with Gasteiger partial charge in [0.1, 0.15) is 18.2 Å². The fraction of sp³-hybridized carbons (Fsp3) is 0.571. The van der Waals surface area contributed by atoms with Crippen LogP contribution in [-0.2, 0) is 16.4 Å². The number of rotatable bonds is 8. The summed E-state index contributed by atoms with van der Waals surface area (Å²) >= 11 is 0. The van der Waals surface area contributed by atoms with E-state index in [2.05, 4.69) is 5.32 Å². The van der Waals surface area contributed by atoms with E-state index in [0.717, 1.165) is 5.56 Å². The molecule has 4 nitrogen and oxygen atoms in total. The van der Waals surface area contributed by atoms with E-state index in [1.807, 2.05) is 13.8 Å². The Kier molecular flexibility index (Phi) is 6.42. The van der Waals surface area contributed by atoms with Crippen molar-refractivity contribution in [2.24, 2.45) is 0 Å². The minimum atomic E-state index is -3.06. The van der Waals surface area contributed by atoms with Gasteiger partial charge >= 0.3 is 0 Å². The second kappa shape index (κ2) is 7.59. The van der Waals surface area contributed by atoms with Crippen LogP contribution in [0.1, 0.15) is 26.3 Å². The number of ether oxygens (including phenoxy) is 1. The van der Waals surface area contributed by atoms with Gasteiger partial charge in [0.25, 0.3) is 0 Å². The molecule has 0 aliphatic carbocycles. The molecule has 6 heteroatoms. The number of hydrogen-bond acceptors (Lipinski definition) is 4. The molecule has 0 saturated heterocycles. The quantitative estimate of drug-likeness (QED) is 0.799. The zero-order valence-electron chi connectivity index (χ0n) is 12.1. The molecular weight excluding hydrogens is 281 g/mol. The molecule has 0 aromatic heterocycles. The van der Waals surface area contributed by atoms with Crippen LogP contribution in [0.4, 0.5) is 4.39 Å². The van der Waals surface area contributed by atoms with Crippen LogP contribution in [0.15, 0.2) is 18.2 Å². The van der Waals surface area contributed by atoms with Gasteiger partial charge in [-0.3, -0.25) is 0 Å². The van der Waals surface area contributed by atoms with Crippen LogP contribution in [0, 0.1) is 5.82 Å². The third-order valence-electron chi connectivity index (χ3n) is 2.75. The molecular formula is C14H22FNO3S. The fourth-order valence-electron chi connectivity index (χ4n) is 1.56. The Balaban J connectivity index is 2.61. The van der Waals surface area contributed by atoms with Gasteiger partial charge in [0.05, 0.1) is 5.75 Å². The van der Waals surface area contributed by atoms with E-state index >= 15 is 0 Å². The molecule has 0 radical (unpaired) electrons. The Labute approximate surface area is 120 Å². The van der Waals surface area contributed by atoms with E-state index < -0.39 is 9.84 Å². The van der Waals surface area contributed by atoms with Crippen LogP contribution in [-0.4, -0.2) is 32.6 Å². The highest BCUT2D eigenvalue weighted by Gasteiger charge is 2.08. The van der Waals surface area contributed by atoms with Crippen molar-refractivity contribution < 1.29 is 17.5 Å². The first kappa shape index (κ1) is 16.9. The van der Waals surface area contributed by atoms with Gasteiger partial charge in [-0.25, -0.2) is 12.8 Å². The summed E-state index contributed by atoms with van der Waals surface area (Å²) in [4.78, 5) is 0. The summed E-state index contributed by atoms with van der Waals surface area (Å²) in [6.45, 7) is 6.18. The smallest absolute Gasteiger partial charge is 0.153 e. The van der Waals surface area contributed by atoms with Gasteiger partial charge in [-0.2, -0.15) is 0 Å². The highest BCUT2D eigenvalue weighted by Crippen LogP contribution is 2.16. The molecule has 0 amide bonds. The molecule has 0 fully saturated rings. The van der Waals surface area contributed by atoms with Crippen molar-refractivity contribution in [2.45, 2.75) is 33.4 Å². The maximum absolute atomic E-state index is 13.5.